The van der Waals surface area contributed by atoms with Crippen LogP contribution in [0.3, 0.4) is 0 Å². The Balaban J connectivity index is 1.53. The van der Waals surface area contributed by atoms with Crippen molar-refractivity contribution in [2.24, 2.45) is 0 Å². The number of amides is 3. The number of hydrogen-bond acceptors (Lipinski definition) is 4. The fraction of sp³-hybridized carbons (Fsp3) is 0.500. The molecule has 2 aliphatic carbocycles. The third kappa shape index (κ3) is 6.89. The Labute approximate surface area is 211 Å². The molecular weight excluding hydrogens is 459 g/mol. The van der Waals surface area contributed by atoms with E-state index in [0.717, 1.165) is 51.4 Å². The van der Waals surface area contributed by atoms with E-state index >= 15 is 0 Å². The first kappa shape index (κ1) is 25.8. The van der Waals surface area contributed by atoms with Crippen LogP contribution in [0.1, 0.15) is 82.2 Å². The Kier molecular flexibility index (Phi) is 9.03. The number of pyridine rings is 1. The first-order valence-corrected chi connectivity index (χ1v) is 13.1. The van der Waals surface area contributed by atoms with E-state index in [0.29, 0.717) is 11.4 Å². The number of carbonyl (C=O) groups excluding carboxylic acids is 3. The minimum absolute atomic E-state index is 0.0149. The van der Waals surface area contributed by atoms with Crippen LogP contribution in [0.4, 0.5) is 10.2 Å². The molecule has 1 aromatic carbocycles. The number of hydrogen-bond donors (Lipinski definition) is 2. The van der Waals surface area contributed by atoms with Crippen molar-refractivity contribution in [1.29, 1.82) is 0 Å². The van der Waals surface area contributed by atoms with Crippen molar-refractivity contribution in [1.82, 2.24) is 15.2 Å². The summed E-state index contributed by atoms with van der Waals surface area (Å²) in [6, 6.07) is 10.2. The van der Waals surface area contributed by atoms with Crippen molar-refractivity contribution in [3.63, 3.8) is 0 Å². The molecule has 8 heteroatoms. The van der Waals surface area contributed by atoms with Gasteiger partial charge in [0, 0.05) is 31.1 Å². The highest BCUT2D eigenvalue weighted by atomic mass is 19.1. The molecule has 0 bridgehead atoms. The van der Waals surface area contributed by atoms with Crippen molar-refractivity contribution in [2.45, 2.75) is 88.8 Å². The zero-order valence-electron chi connectivity index (χ0n) is 20.6. The average Bonchev–Trinajstić information content (AvgIpc) is 3.42. The molecule has 36 heavy (non-hydrogen) atoms. The lowest BCUT2D eigenvalue weighted by Crippen LogP contribution is -2.50. The van der Waals surface area contributed by atoms with Crippen molar-refractivity contribution in [3.8, 4) is 0 Å². The summed E-state index contributed by atoms with van der Waals surface area (Å²) in [5.41, 5.74) is 0.586. The Hall–Kier alpha value is -3.29. The largest absolute Gasteiger partial charge is 0.351 e. The fourth-order valence-corrected chi connectivity index (χ4v) is 5.34. The number of nitrogens with zero attached hydrogens (tertiary/aromatic N) is 2. The number of rotatable bonds is 9. The van der Waals surface area contributed by atoms with Crippen LogP contribution in [0.5, 0.6) is 0 Å². The second-order valence-electron chi connectivity index (χ2n) is 9.80. The van der Waals surface area contributed by atoms with Gasteiger partial charge in [0.25, 0.3) is 0 Å². The number of aromatic nitrogens is 1. The third-order valence-electron chi connectivity index (χ3n) is 7.17. The maximum atomic E-state index is 13.7. The van der Waals surface area contributed by atoms with Gasteiger partial charge in [-0.1, -0.05) is 50.3 Å². The molecule has 2 aromatic rings. The first-order chi connectivity index (χ1) is 17.5. The van der Waals surface area contributed by atoms with Crippen LogP contribution in [-0.2, 0) is 14.4 Å². The highest BCUT2D eigenvalue weighted by molar-refractivity contribution is 5.94. The minimum Gasteiger partial charge on any atom is -0.351 e. The maximum absolute atomic E-state index is 13.7. The van der Waals surface area contributed by atoms with Crippen LogP contribution in [0, 0.1) is 5.82 Å². The summed E-state index contributed by atoms with van der Waals surface area (Å²) in [7, 11) is 0. The summed E-state index contributed by atoms with van der Waals surface area (Å²) in [4.78, 5) is 45.6. The molecular formula is C28H35FN4O3. The lowest BCUT2D eigenvalue weighted by atomic mass is 9.94. The van der Waals surface area contributed by atoms with Gasteiger partial charge in [-0.3, -0.25) is 14.4 Å². The van der Waals surface area contributed by atoms with E-state index in [9.17, 15) is 18.8 Å². The summed E-state index contributed by atoms with van der Waals surface area (Å²) in [5.74, 6) is -0.745. The van der Waals surface area contributed by atoms with Gasteiger partial charge in [0.15, 0.2) is 0 Å². The number of anilines is 1. The molecule has 0 saturated heterocycles. The smallest absolute Gasteiger partial charge is 0.247 e. The summed E-state index contributed by atoms with van der Waals surface area (Å²) in [5, 5.41) is 5.88. The number of halogens is 1. The predicted octanol–water partition coefficient (Wildman–Crippen LogP) is 4.90. The summed E-state index contributed by atoms with van der Waals surface area (Å²) in [6.45, 7) is 0. The highest BCUT2D eigenvalue weighted by Crippen LogP contribution is 2.33. The Morgan fingerprint density at radius 2 is 1.61 bits per heavy atom. The SMILES string of the molecule is O=C(CCC(=O)N(C1CCCC1)[C@H](C(=O)NC1CCCCC1)c1ccc(F)cc1)Nc1ccccn1. The molecule has 4 rings (SSSR count). The lowest BCUT2D eigenvalue weighted by Gasteiger charge is -2.37. The van der Waals surface area contributed by atoms with E-state index in [-0.39, 0.29) is 42.6 Å². The Morgan fingerprint density at radius 3 is 2.28 bits per heavy atom. The molecule has 2 aliphatic rings. The van der Waals surface area contributed by atoms with Crippen molar-refractivity contribution in [3.05, 3.63) is 60.0 Å². The molecule has 1 aromatic heterocycles. The predicted molar refractivity (Wildman–Crippen MR) is 135 cm³/mol. The van der Waals surface area contributed by atoms with Gasteiger partial charge in [0.2, 0.25) is 17.7 Å². The number of nitrogens with one attached hydrogen (secondary N) is 2. The molecule has 0 unspecified atom stereocenters. The number of benzene rings is 1. The molecule has 0 aliphatic heterocycles. The highest BCUT2D eigenvalue weighted by Gasteiger charge is 2.38. The zero-order valence-corrected chi connectivity index (χ0v) is 20.6. The van der Waals surface area contributed by atoms with Crippen LogP contribution in [0.25, 0.3) is 0 Å². The zero-order chi connectivity index (χ0) is 25.3. The normalized spacial score (nSPS) is 17.4. The van der Waals surface area contributed by atoms with E-state index in [2.05, 4.69) is 15.6 Å². The van der Waals surface area contributed by atoms with Crippen LogP contribution in [-0.4, -0.2) is 39.7 Å². The molecule has 1 heterocycles. The van der Waals surface area contributed by atoms with Crippen LogP contribution >= 0.6 is 0 Å². The van der Waals surface area contributed by atoms with E-state index in [1.54, 1.807) is 41.4 Å². The fourth-order valence-electron chi connectivity index (χ4n) is 5.34. The summed E-state index contributed by atoms with van der Waals surface area (Å²) in [6.07, 6.45) is 10.3. The Bertz CT molecular complexity index is 1020. The van der Waals surface area contributed by atoms with Gasteiger partial charge in [0.1, 0.15) is 17.7 Å². The average molecular weight is 495 g/mol. The van der Waals surface area contributed by atoms with Gasteiger partial charge >= 0.3 is 0 Å². The summed E-state index contributed by atoms with van der Waals surface area (Å²) < 4.78 is 13.7. The van der Waals surface area contributed by atoms with E-state index in [1.165, 1.54) is 18.6 Å². The van der Waals surface area contributed by atoms with Gasteiger partial charge in [0.05, 0.1) is 0 Å². The second kappa shape index (κ2) is 12.6. The molecule has 3 amide bonds. The molecule has 0 spiro atoms. The molecule has 7 nitrogen and oxygen atoms in total. The molecule has 2 fully saturated rings. The standard InChI is InChI=1S/C28H35FN4O3/c29-21-15-13-20(14-16-21)27(28(36)31-22-8-2-1-3-9-22)33(23-10-4-5-11-23)26(35)18-17-25(34)32-24-12-6-7-19-30-24/h6-7,12-16,19,22-23,27H,1-5,8-11,17-18H2,(H,31,36)(H,30,32,34)/t27-/m0/s1. The van der Waals surface area contributed by atoms with Crippen molar-refractivity contribution >= 4 is 23.5 Å². The molecule has 2 N–H and O–H groups in total. The summed E-state index contributed by atoms with van der Waals surface area (Å²) >= 11 is 0. The maximum Gasteiger partial charge on any atom is 0.247 e. The van der Waals surface area contributed by atoms with E-state index in [1.807, 2.05) is 0 Å². The number of carbonyl (C=O) groups is 3. The van der Waals surface area contributed by atoms with Gasteiger partial charge in [-0.05, 0) is 55.5 Å². The molecule has 2 saturated carbocycles. The molecule has 1 atom stereocenters. The quantitative estimate of drug-likeness (QED) is 0.519. The first-order valence-electron chi connectivity index (χ1n) is 13.1. The van der Waals surface area contributed by atoms with Crippen molar-refractivity contribution in [2.75, 3.05) is 5.32 Å². The molecule has 0 radical (unpaired) electrons. The van der Waals surface area contributed by atoms with E-state index in [4.69, 9.17) is 0 Å². The van der Waals surface area contributed by atoms with Gasteiger partial charge in [-0.15, -0.1) is 0 Å². The van der Waals surface area contributed by atoms with E-state index < -0.39 is 11.9 Å². The van der Waals surface area contributed by atoms with Crippen LogP contribution in [0.2, 0.25) is 0 Å². The minimum atomic E-state index is -0.859. The van der Waals surface area contributed by atoms with Gasteiger partial charge < -0.3 is 15.5 Å². The monoisotopic (exact) mass is 494 g/mol. The van der Waals surface area contributed by atoms with Crippen molar-refractivity contribution < 1.29 is 18.8 Å². The van der Waals surface area contributed by atoms with Crippen LogP contribution < -0.4 is 10.6 Å². The van der Waals surface area contributed by atoms with Crippen LogP contribution in [0.15, 0.2) is 48.7 Å². The topological polar surface area (TPSA) is 91.4 Å². The second-order valence-corrected chi connectivity index (χ2v) is 9.80. The van der Waals surface area contributed by atoms with Gasteiger partial charge in [-0.25, -0.2) is 9.37 Å². The third-order valence-corrected chi connectivity index (χ3v) is 7.17. The van der Waals surface area contributed by atoms with Gasteiger partial charge in [-0.2, -0.15) is 0 Å². The molecule has 192 valence electrons. The Morgan fingerprint density at radius 1 is 0.917 bits per heavy atom. The lowest BCUT2D eigenvalue weighted by molar-refractivity contribution is -0.144.